The number of ether oxygens (including phenoxy) is 1. The van der Waals surface area contributed by atoms with Crippen molar-refractivity contribution in [1.82, 2.24) is 0 Å². The lowest BCUT2D eigenvalue weighted by molar-refractivity contribution is 0.348. The Kier molecular flexibility index (Phi) is 2.47. The minimum absolute atomic E-state index is 0.506. The largest absolute Gasteiger partial charge is 0.489 e. The van der Waals surface area contributed by atoms with Crippen LogP contribution >= 0.6 is 23.2 Å². The first-order chi connectivity index (χ1) is 6.29. The van der Waals surface area contributed by atoms with Gasteiger partial charge in [-0.25, -0.2) is 0 Å². The third-order valence-electron chi connectivity index (χ3n) is 1.92. The highest BCUT2D eigenvalue weighted by Crippen LogP contribution is 2.28. The van der Waals surface area contributed by atoms with Crippen molar-refractivity contribution in [2.24, 2.45) is 0 Å². The lowest BCUT2D eigenvalue weighted by Crippen LogP contribution is -2.07. The number of benzene rings is 1. The zero-order valence-electron chi connectivity index (χ0n) is 6.89. The van der Waals surface area contributed by atoms with Gasteiger partial charge in [0.1, 0.15) is 12.4 Å². The molecule has 0 saturated heterocycles. The fourth-order valence-corrected chi connectivity index (χ4v) is 1.61. The standard InChI is InChI=1S/C10H8Cl2O/c11-5-7-3-8-4-9(12)1-2-10(8)13-6-7/h1-4H,5-6H2. The normalized spacial score (nSPS) is 14.5. The van der Waals surface area contributed by atoms with E-state index in [0.717, 1.165) is 21.9 Å². The Balaban J connectivity index is 2.44. The Morgan fingerprint density at radius 3 is 3.00 bits per heavy atom. The number of hydrogen-bond donors (Lipinski definition) is 0. The molecule has 0 fully saturated rings. The summed E-state index contributed by atoms with van der Waals surface area (Å²) < 4.78 is 5.47. The first-order valence-corrected chi connectivity index (χ1v) is 4.88. The van der Waals surface area contributed by atoms with Gasteiger partial charge in [-0.15, -0.1) is 11.6 Å². The molecule has 0 bridgehead atoms. The molecule has 13 heavy (non-hydrogen) atoms. The van der Waals surface area contributed by atoms with E-state index in [-0.39, 0.29) is 0 Å². The van der Waals surface area contributed by atoms with Gasteiger partial charge in [0.25, 0.3) is 0 Å². The van der Waals surface area contributed by atoms with Crippen LogP contribution in [0.1, 0.15) is 5.56 Å². The van der Waals surface area contributed by atoms with Crippen LogP contribution in [-0.2, 0) is 0 Å². The summed E-state index contributed by atoms with van der Waals surface area (Å²) in [6.45, 7) is 0.581. The lowest BCUT2D eigenvalue weighted by Gasteiger charge is -2.16. The number of alkyl halides is 1. The van der Waals surface area contributed by atoms with Crippen LogP contribution in [-0.4, -0.2) is 12.5 Å². The highest BCUT2D eigenvalue weighted by atomic mass is 35.5. The molecule has 0 N–H and O–H groups in total. The number of rotatable bonds is 1. The molecule has 0 amide bonds. The van der Waals surface area contributed by atoms with Crippen molar-refractivity contribution in [3.8, 4) is 5.75 Å². The Labute approximate surface area is 86.9 Å². The van der Waals surface area contributed by atoms with Crippen molar-refractivity contribution in [2.45, 2.75) is 0 Å². The topological polar surface area (TPSA) is 9.23 Å². The molecule has 1 aliphatic rings. The molecule has 0 aromatic heterocycles. The van der Waals surface area contributed by atoms with Crippen molar-refractivity contribution < 1.29 is 4.74 Å². The van der Waals surface area contributed by atoms with Gasteiger partial charge < -0.3 is 4.74 Å². The second kappa shape index (κ2) is 3.60. The van der Waals surface area contributed by atoms with Crippen LogP contribution in [0.5, 0.6) is 5.75 Å². The Morgan fingerprint density at radius 1 is 1.38 bits per heavy atom. The molecule has 0 unspecified atom stereocenters. The number of fused-ring (bicyclic) bond motifs is 1. The summed E-state index contributed by atoms with van der Waals surface area (Å²) in [5, 5.41) is 0.717. The molecular formula is C10H8Cl2O. The van der Waals surface area contributed by atoms with E-state index in [1.807, 2.05) is 24.3 Å². The van der Waals surface area contributed by atoms with Crippen LogP contribution in [0.2, 0.25) is 5.02 Å². The lowest BCUT2D eigenvalue weighted by atomic mass is 10.1. The Hall–Kier alpha value is -0.660. The molecule has 1 aromatic carbocycles. The summed E-state index contributed by atoms with van der Waals surface area (Å²) in [7, 11) is 0. The smallest absolute Gasteiger partial charge is 0.127 e. The van der Waals surface area contributed by atoms with Gasteiger partial charge in [0.15, 0.2) is 0 Å². The van der Waals surface area contributed by atoms with Gasteiger partial charge in [0.2, 0.25) is 0 Å². The van der Waals surface area contributed by atoms with Crippen LogP contribution in [0.3, 0.4) is 0 Å². The van der Waals surface area contributed by atoms with Crippen molar-refractivity contribution >= 4 is 29.3 Å². The number of halogens is 2. The minimum atomic E-state index is 0.506. The zero-order valence-corrected chi connectivity index (χ0v) is 8.40. The summed E-state index contributed by atoms with van der Waals surface area (Å²) >= 11 is 11.6. The molecule has 0 radical (unpaired) electrons. The van der Waals surface area contributed by atoms with E-state index in [1.54, 1.807) is 0 Å². The molecular weight excluding hydrogens is 207 g/mol. The van der Waals surface area contributed by atoms with Crippen molar-refractivity contribution in [3.63, 3.8) is 0 Å². The molecule has 0 atom stereocenters. The van der Waals surface area contributed by atoms with Gasteiger partial charge in [0, 0.05) is 16.5 Å². The quantitative estimate of drug-likeness (QED) is 0.652. The van der Waals surface area contributed by atoms with E-state index >= 15 is 0 Å². The minimum Gasteiger partial charge on any atom is -0.489 e. The van der Waals surface area contributed by atoms with Crippen LogP contribution in [0, 0.1) is 0 Å². The molecule has 68 valence electrons. The van der Waals surface area contributed by atoms with E-state index in [4.69, 9.17) is 27.9 Å². The van der Waals surface area contributed by atoms with Crippen LogP contribution < -0.4 is 4.74 Å². The second-order valence-electron chi connectivity index (χ2n) is 2.91. The van der Waals surface area contributed by atoms with Gasteiger partial charge in [-0.05, 0) is 29.8 Å². The fraction of sp³-hybridized carbons (Fsp3) is 0.200. The van der Waals surface area contributed by atoms with Crippen molar-refractivity contribution in [1.29, 1.82) is 0 Å². The summed E-state index contributed by atoms with van der Waals surface area (Å²) in [5.41, 5.74) is 2.09. The molecule has 0 aliphatic carbocycles. The maximum Gasteiger partial charge on any atom is 0.127 e. The fourth-order valence-electron chi connectivity index (χ4n) is 1.27. The third kappa shape index (κ3) is 1.82. The highest BCUT2D eigenvalue weighted by molar-refractivity contribution is 6.30. The number of hydrogen-bond acceptors (Lipinski definition) is 1. The average molecular weight is 215 g/mol. The van der Waals surface area contributed by atoms with Gasteiger partial charge >= 0.3 is 0 Å². The van der Waals surface area contributed by atoms with E-state index in [2.05, 4.69) is 0 Å². The van der Waals surface area contributed by atoms with Gasteiger partial charge in [-0.3, -0.25) is 0 Å². The first kappa shape index (κ1) is 8.92. The zero-order chi connectivity index (χ0) is 9.26. The van der Waals surface area contributed by atoms with E-state index < -0.39 is 0 Å². The molecule has 0 spiro atoms. The maximum absolute atomic E-state index is 5.85. The van der Waals surface area contributed by atoms with Gasteiger partial charge in [-0.1, -0.05) is 11.6 Å². The Morgan fingerprint density at radius 2 is 2.23 bits per heavy atom. The van der Waals surface area contributed by atoms with Crippen molar-refractivity contribution in [3.05, 3.63) is 34.4 Å². The average Bonchev–Trinajstić information content (AvgIpc) is 2.16. The monoisotopic (exact) mass is 214 g/mol. The predicted molar refractivity (Wildman–Crippen MR) is 55.6 cm³/mol. The molecule has 3 heteroatoms. The van der Waals surface area contributed by atoms with Gasteiger partial charge in [-0.2, -0.15) is 0 Å². The molecule has 1 aromatic rings. The molecule has 0 saturated carbocycles. The predicted octanol–water partition coefficient (Wildman–Crippen LogP) is 3.35. The van der Waals surface area contributed by atoms with E-state index in [0.29, 0.717) is 12.5 Å². The molecule has 1 heterocycles. The summed E-state index contributed by atoms with van der Waals surface area (Å²) in [6, 6.07) is 5.57. The molecule has 1 aliphatic heterocycles. The van der Waals surface area contributed by atoms with Crippen molar-refractivity contribution in [2.75, 3.05) is 12.5 Å². The Bertz CT molecular complexity index is 358. The van der Waals surface area contributed by atoms with Crippen LogP contribution in [0.25, 0.3) is 6.08 Å². The third-order valence-corrected chi connectivity index (χ3v) is 2.49. The van der Waals surface area contributed by atoms with Gasteiger partial charge in [0.05, 0.1) is 0 Å². The summed E-state index contributed by atoms with van der Waals surface area (Å²) in [6.07, 6.45) is 2.03. The maximum atomic E-state index is 5.85. The van der Waals surface area contributed by atoms with Crippen LogP contribution in [0.15, 0.2) is 23.8 Å². The molecule has 2 rings (SSSR count). The van der Waals surface area contributed by atoms with E-state index in [9.17, 15) is 0 Å². The van der Waals surface area contributed by atoms with E-state index in [1.165, 1.54) is 0 Å². The summed E-state index contributed by atoms with van der Waals surface area (Å²) in [4.78, 5) is 0. The summed E-state index contributed by atoms with van der Waals surface area (Å²) in [5.74, 6) is 1.38. The highest BCUT2D eigenvalue weighted by Gasteiger charge is 2.10. The van der Waals surface area contributed by atoms with Crippen LogP contribution in [0.4, 0.5) is 0 Å². The second-order valence-corrected chi connectivity index (χ2v) is 3.61. The first-order valence-electron chi connectivity index (χ1n) is 3.97. The SMILES string of the molecule is ClCC1=Cc2cc(Cl)ccc2OC1. The molecule has 1 nitrogen and oxygen atoms in total.